The van der Waals surface area contributed by atoms with Gasteiger partial charge < -0.3 is 30.7 Å². The predicted molar refractivity (Wildman–Crippen MR) is 154 cm³/mol. The van der Waals surface area contributed by atoms with E-state index in [2.05, 4.69) is 34.3 Å². The van der Waals surface area contributed by atoms with E-state index in [1.165, 1.54) is 5.56 Å². The first-order valence-electron chi connectivity index (χ1n) is 14.3. The van der Waals surface area contributed by atoms with Gasteiger partial charge in [0.1, 0.15) is 5.82 Å². The molecule has 40 heavy (non-hydrogen) atoms. The molecular formula is C29H40N8O3. The zero-order chi connectivity index (χ0) is 28.4. The normalized spacial score (nSPS) is 21.1. The number of nitrogens with zero attached hydrogens (tertiary/aromatic N) is 6. The Labute approximate surface area is 235 Å². The van der Waals surface area contributed by atoms with Crippen molar-refractivity contribution in [3.63, 3.8) is 0 Å². The molecule has 3 N–H and O–H groups in total. The average molecular weight is 549 g/mol. The molecule has 0 aliphatic carbocycles. The molecule has 3 aliphatic heterocycles. The molecule has 0 bridgehead atoms. The lowest BCUT2D eigenvalue weighted by molar-refractivity contribution is -0.132. The fourth-order valence-electron chi connectivity index (χ4n) is 6.08. The number of primary amides is 1. The first-order chi connectivity index (χ1) is 19.2. The van der Waals surface area contributed by atoms with Crippen LogP contribution in [0.15, 0.2) is 30.5 Å². The number of piperidine rings is 2. The fraction of sp³-hybridized carbons (Fsp3) is 0.552. The highest BCUT2D eigenvalue weighted by atomic mass is 16.2. The Morgan fingerprint density at radius 3 is 2.45 bits per heavy atom. The van der Waals surface area contributed by atoms with Gasteiger partial charge in [-0.1, -0.05) is 26.0 Å². The summed E-state index contributed by atoms with van der Waals surface area (Å²) < 4.78 is 0. The van der Waals surface area contributed by atoms with Crippen LogP contribution in [0, 0.1) is 0 Å². The Hall–Kier alpha value is -3.89. The Kier molecular flexibility index (Phi) is 7.82. The number of anilines is 3. The fourth-order valence-corrected chi connectivity index (χ4v) is 6.08. The summed E-state index contributed by atoms with van der Waals surface area (Å²) >= 11 is 0. The highest BCUT2D eigenvalue weighted by Crippen LogP contribution is 2.36. The number of aromatic nitrogens is 2. The number of benzene rings is 1. The van der Waals surface area contributed by atoms with Crippen molar-refractivity contribution in [2.45, 2.75) is 57.4 Å². The summed E-state index contributed by atoms with van der Waals surface area (Å²) in [5.41, 5.74) is 7.72. The molecule has 5 rings (SSSR count). The van der Waals surface area contributed by atoms with Gasteiger partial charge in [-0.15, -0.1) is 0 Å². The van der Waals surface area contributed by atoms with E-state index in [4.69, 9.17) is 10.7 Å². The van der Waals surface area contributed by atoms with Gasteiger partial charge in [0.05, 0.1) is 12.2 Å². The third kappa shape index (κ3) is 5.55. The van der Waals surface area contributed by atoms with Crippen molar-refractivity contribution < 1.29 is 14.4 Å². The van der Waals surface area contributed by atoms with Crippen LogP contribution in [-0.4, -0.2) is 94.9 Å². The van der Waals surface area contributed by atoms with Gasteiger partial charge in [0, 0.05) is 58.4 Å². The van der Waals surface area contributed by atoms with E-state index in [0.717, 1.165) is 64.1 Å². The lowest BCUT2D eigenvalue weighted by Gasteiger charge is -2.40. The van der Waals surface area contributed by atoms with Crippen LogP contribution in [0.2, 0.25) is 0 Å². The third-order valence-corrected chi connectivity index (χ3v) is 8.77. The van der Waals surface area contributed by atoms with Crippen LogP contribution >= 0.6 is 0 Å². The Bertz CT molecular complexity index is 1260. The summed E-state index contributed by atoms with van der Waals surface area (Å²) in [6.45, 7) is 8.64. The van der Waals surface area contributed by atoms with E-state index >= 15 is 0 Å². The van der Waals surface area contributed by atoms with Crippen molar-refractivity contribution >= 4 is 35.2 Å². The number of rotatable bonds is 7. The highest BCUT2D eigenvalue weighted by Gasteiger charge is 2.35. The monoisotopic (exact) mass is 548 g/mol. The highest BCUT2D eigenvalue weighted by molar-refractivity contribution is 5.96. The number of hydrogen-bond donors (Lipinski definition) is 2. The number of likely N-dealkylation sites (N-methyl/N-ethyl adjacent to an activating group) is 1. The summed E-state index contributed by atoms with van der Waals surface area (Å²) in [7, 11) is 1.83. The van der Waals surface area contributed by atoms with E-state index in [9.17, 15) is 14.4 Å². The SMILES string of the molecule is CCC(=O)N1CCC(C)(c2ccc(Nc3nc(N4CCCC(N5CCN(C)C5=O)C4)cnc3C(N)=O)cc2)CC1. The van der Waals surface area contributed by atoms with Gasteiger partial charge in [0.25, 0.3) is 5.91 Å². The lowest BCUT2D eigenvalue weighted by atomic mass is 9.74. The number of amides is 4. The van der Waals surface area contributed by atoms with Crippen molar-refractivity contribution in [1.29, 1.82) is 0 Å². The molecule has 11 heteroatoms. The van der Waals surface area contributed by atoms with E-state index in [-0.39, 0.29) is 29.1 Å². The van der Waals surface area contributed by atoms with Crippen LogP contribution in [0.4, 0.5) is 22.1 Å². The van der Waals surface area contributed by atoms with Gasteiger partial charge in [-0.05, 0) is 48.8 Å². The largest absolute Gasteiger partial charge is 0.364 e. The van der Waals surface area contributed by atoms with E-state index in [0.29, 0.717) is 24.6 Å². The molecule has 0 radical (unpaired) electrons. The van der Waals surface area contributed by atoms with Gasteiger partial charge in [0.2, 0.25) is 5.91 Å². The predicted octanol–water partition coefficient (Wildman–Crippen LogP) is 2.95. The molecule has 1 aromatic heterocycles. The van der Waals surface area contributed by atoms with Gasteiger partial charge in [-0.2, -0.15) is 0 Å². The first kappa shape index (κ1) is 27.7. The van der Waals surface area contributed by atoms with Crippen molar-refractivity contribution in [2.24, 2.45) is 5.73 Å². The molecule has 1 unspecified atom stereocenters. The standard InChI is InChI=1S/C29H40N8O3/c1-4-24(38)35-14-11-29(2,12-15-35)20-7-9-21(10-8-20)32-27-25(26(30)39)31-18-23(33-27)36-13-5-6-22(19-36)37-17-16-34(3)28(37)40/h7-10,18,22H,4-6,11-17,19H2,1-3H3,(H2,30,39)(H,32,33). The Morgan fingerprint density at radius 2 is 1.82 bits per heavy atom. The molecule has 214 valence electrons. The first-order valence-corrected chi connectivity index (χ1v) is 14.3. The molecular weight excluding hydrogens is 508 g/mol. The molecule has 4 heterocycles. The van der Waals surface area contributed by atoms with E-state index in [1.54, 1.807) is 11.1 Å². The zero-order valence-electron chi connectivity index (χ0n) is 23.7. The topological polar surface area (TPSA) is 128 Å². The number of nitrogens with one attached hydrogen (secondary N) is 1. The Morgan fingerprint density at radius 1 is 1.10 bits per heavy atom. The summed E-state index contributed by atoms with van der Waals surface area (Å²) in [6, 6.07) is 8.34. The average Bonchev–Trinajstić information content (AvgIpc) is 3.31. The number of hydrogen-bond acceptors (Lipinski definition) is 7. The minimum absolute atomic E-state index is 0.00249. The number of carbonyl (C=O) groups is 3. The van der Waals surface area contributed by atoms with Gasteiger partial charge in [0.15, 0.2) is 11.5 Å². The van der Waals surface area contributed by atoms with Crippen LogP contribution in [0.5, 0.6) is 0 Å². The maximum absolute atomic E-state index is 12.6. The zero-order valence-corrected chi connectivity index (χ0v) is 23.7. The van der Waals surface area contributed by atoms with Crippen LogP contribution < -0.4 is 16.0 Å². The molecule has 11 nitrogen and oxygen atoms in total. The van der Waals surface area contributed by atoms with Crippen LogP contribution in [-0.2, 0) is 10.2 Å². The van der Waals surface area contributed by atoms with Crippen LogP contribution in [0.25, 0.3) is 0 Å². The van der Waals surface area contributed by atoms with Gasteiger partial charge in [-0.25, -0.2) is 14.8 Å². The number of urea groups is 1. The quantitative estimate of drug-likeness (QED) is 0.544. The minimum atomic E-state index is -0.652. The Balaban J connectivity index is 1.30. The second-order valence-corrected chi connectivity index (χ2v) is 11.4. The molecule has 3 aliphatic rings. The molecule has 1 atom stereocenters. The van der Waals surface area contributed by atoms with E-state index < -0.39 is 5.91 Å². The number of likely N-dealkylation sites (tertiary alicyclic amines) is 1. The van der Waals surface area contributed by atoms with Crippen molar-refractivity contribution in [3.05, 3.63) is 41.7 Å². The second-order valence-electron chi connectivity index (χ2n) is 11.4. The van der Waals surface area contributed by atoms with E-state index in [1.807, 2.05) is 35.9 Å². The third-order valence-electron chi connectivity index (χ3n) is 8.77. The van der Waals surface area contributed by atoms with Gasteiger partial charge in [-0.3, -0.25) is 9.59 Å². The summed E-state index contributed by atoms with van der Waals surface area (Å²) in [5, 5.41) is 3.26. The number of carbonyl (C=O) groups excluding carboxylic acids is 3. The molecule has 1 aromatic carbocycles. The molecule has 0 saturated carbocycles. The van der Waals surface area contributed by atoms with Crippen molar-refractivity contribution in [1.82, 2.24) is 24.7 Å². The van der Waals surface area contributed by atoms with Crippen LogP contribution in [0.1, 0.15) is 62.0 Å². The van der Waals surface area contributed by atoms with Crippen LogP contribution in [0.3, 0.4) is 0 Å². The van der Waals surface area contributed by atoms with Crippen molar-refractivity contribution in [3.8, 4) is 0 Å². The lowest BCUT2D eigenvalue weighted by Crippen LogP contribution is -2.49. The smallest absolute Gasteiger partial charge is 0.320 e. The summed E-state index contributed by atoms with van der Waals surface area (Å²) in [4.78, 5) is 53.7. The van der Waals surface area contributed by atoms with Gasteiger partial charge >= 0.3 is 6.03 Å². The summed E-state index contributed by atoms with van der Waals surface area (Å²) in [5.74, 6) is 0.526. The maximum atomic E-state index is 12.6. The molecule has 0 spiro atoms. The summed E-state index contributed by atoms with van der Waals surface area (Å²) in [6.07, 6.45) is 5.85. The molecule has 3 fully saturated rings. The number of nitrogens with two attached hydrogens (primary N) is 1. The maximum Gasteiger partial charge on any atom is 0.320 e. The molecule has 3 saturated heterocycles. The second kappa shape index (κ2) is 11.3. The minimum Gasteiger partial charge on any atom is -0.364 e. The molecule has 4 amide bonds. The van der Waals surface area contributed by atoms with Crippen molar-refractivity contribution in [2.75, 3.05) is 56.5 Å². The molecule has 2 aromatic rings.